The van der Waals surface area contributed by atoms with E-state index < -0.39 is 10.0 Å². The molecule has 2 saturated heterocycles. The van der Waals surface area contributed by atoms with Gasteiger partial charge < -0.3 is 9.84 Å². The Morgan fingerprint density at radius 1 is 1.03 bits per heavy atom. The molecule has 5 rings (SSSR count). The summed E-state index contributed by atoms with van der Waals surface area (Å²) >= 11 is 1.27. The molecule has 0 unspecified atom stereocenters. The van der Waals surface area contributed by atoms with E-state index in [0.29, 0.717) is 17.3 Å². The number of rotatable bonds is 6. The van der Waals surface area contributed by atoms with Crippen molar-refractivity contribution < 1.29 is 18.3 Å². The molecule has 1 N–H and O–H groups in total. The fraction of sp³-hybridized carbons (Fsp3) is 0.385. The van der Waals surface area contributed by atoms with Crippen LogP contribution in [0.25, 0.3) is 11.1 Å². The molecular formula is C26H30N2O4S2. The molecule has 3 atom stereocenters. The summed E-state index contributed by atoms with van der Waals surface area (Å²) in [6.45, 7) is 1.94. The molecule has 0 bridgehead atoms. The summed E-state index contributed by atoms with van der Waals surface area (Å²) in [5.41, 5.74) is 3.32. The van der Waals surface area contributed by atoms with Crippen LogP contribution < -0.4 is 4.74 Å². The lowest BCUT2D eigenvalue weighted by molar-refractivity contribution is -0.0553. The molecule has 0 saturated carbocycles. The monoisotopic (exact) mass is 498 g/mol. The number of hydrogen-bond donors (Lipinski definition) is 1. The summed E-state index contributed by atoms with van der Waals surface area (Å²) in [6.07, 6.45) is 1.75. The van der Waals surface area contributed by atoms with Crippen LogP contribution in [0.5, 0.6) is 5.75 Å². The predicted octanol–water partition coefficient (Wildman–Crippen LogP) is 4.04. The number of nitrogens with zero attached hydrogens (tertiary/aromatic N) is 2. The Kier molecular flexibility index (Phi) is 6.77. The summed E-state index contributed by atoms with van der Waals surface area (Å²) in [7, 11) is -1.85. The van der Waals surface area contributed by atoms with E-state index in [1.165, 1.54) is 11.3 Å². The normalized spacial score (nSPS) is 24.0. The highest BCUT2D eigenvalue weighted by molar-refractivity contribution is 7.91. The molecule has 2 aliphatic heterocycles. The molecular weight excluding hydrogens is 468 g/mol. The van der Waals surface area contributed by atoms with Crippen LogP contribution in [-0.2, 0) is 10.0 Å². The summed E-state index contributed by atoms with van der Waals surface area (Å²) in [5, 5.41) is 12.0. The second-order valence-corrected chi connectivity index (χ2v) is 12.0. The molecule has 0 amide bonds. The van der Waals surface area contributed by atoms with Gasteiger partial charge >= 0.3 is 0 Å². The van der Waals surface area contributed by atoms with E-state index in [1.807, 2.05) is 18.2 Å². The minimum Gasteiger partial charge on any atom is -0.497 e. The summed E-state index contributed by atoms with van der Waals surface area (Å²) in [5.74, 6) is 0.904. The zero-order valence-electron chi connectivity index (χ0n) is 19.2. The van der Waals surface area contributed by atoms with Crippen LogP contribution in [0, 0.1) is 0 Å². The molecule has 2 aliphatic rings. The van der Waals surface area contributed by atoms with Gasteiger partial charge in [0, 0.05) is 31.1 Å². The third-order valence-corrected chi connectivity index (χ3v) is 10.4. The first-order chi connectivity index (χ1) is 16.5. The molecule has 180 valence electrons. The molecule has 1 aromatic heterocycles. The van der Waals surface area contributed by atoms with Gasteiger partial charge in [0.2, 0.25) is 0 Å². The maximum Gasteiger partial charge on any atom is 0.252 e. The number of aliphatic hydroxyl groups is 1. The summed E-state index contributed by atoms with van der Waals surface area (Å²) in [4.78, 5) is 2.30. The number of ether oxygens (including phenoxy) is 1. The van der Waals surface area contributed by atoms with Crippen LogP contribution in [0.2, 0.25) is 0 Å². The van der Waals surface area contributed by atoms with Crippen LogP contribution in [-0.4, -0.2) is 68.2 Å². The van der Waals surface area contributed by atoms with E-state index >= 15 is 0 Å². The topological polar surface area (TPSA) is 70.1 Å². The standard InChI is InChI=1S/C26H30N2O4S2/c1-32-22-7-4-6-21(16-22)19-9-11-20(12-10-19)26-23-17-27(34(30,31)25-8-5-15-33-25)13-2-3-14-28(23)24(26)18-29/h4-12,15-16,23-24,26,29H,2-3,13-14,17-18H2,1H3/t23-,24+,26+/m0/s1. The Hall–Kier alpha value is -2.23. The minimum absolute atomic E-state index is 0.0112. The number of benzene rings is 2. The second kappa shape index (κ2) is 9.79. The number of hydrogen-bond acceptors (Lipinski definition) is 6. The molecule has 0 radical (unpaired) electrons. The average Bonchev–Trinajstić information content (AvgIpc) is 3.39. The van der Waals surface area contributed by atoms with Gasteiger partial charge in [-0.3, -0.25) is 4.90 Å². The smallest absolute Gasteiger partial charge is 0.252 e. The van der Waals surface area contributed by atoms with Gasteiger partial charge in [0.25, 0.3) is 10.0 Å². The highest BCUT2D eigenvalue weighted by Crippen LogP contribution is 2.43. The molecule has 6 nitrogen and oxygen atoms in total. The van der Waals surface area contributed by atoms with Crippen molar-refractivity contribution >= 4 is 21.4 Å². The van der Waals surface area contributed by atoms with Gasteiger partial charge in [-0.25, -0.2) is 8.42 Å². The summed E-state index contributed by atoms with van der Waals surface area (Å²) < 4.78 is 34.0. The molecule has 3 heterocycles. The number of sulfonamides is 1. The third kappa shape index (κ3) is 4.29. The first-order valence-corrected chi connectivity index (χ1v) is 14.0. The lowest BCUT2D eigenvalue weighted by Crippen LogP contribution is -2.67. The van der Waals surface area contributed by atoms with Gasteiger partial charge in [-0.15, -0.1) is 11.3 Å². The molecule has 2 aromatic carbocycles. The molecule has 3 aromatic rings. The fourth-order valence-electron chi connectivity index (χ4n) is 5.36. The highest BCUT2D eigenvalue weighted by atomic mass is 32.2. The van der Waals surface area contributed by atoms with Crippen molar-refractivity contribution in [2.24, 2.45) is 0 Å². The van der Waals surface area contributed by atoms with Crippen molar-refractivity contribution in [1.82, 2.24) is 9.21 Å². The summed E-state index contributed by atoms with van der Waals surface area (Å²) in [6, 6.07) is 19.9. The van der Waals surface area contributed by atoms with E-state index in [0.717, 1.165) is 41.8 Å². The zero-order valence-corrected chi connectivity index (χ0v) is 20.8. The Morgan fingerprint density at radius 3 is 2.53 bits per heavy atom. The number of fused-ring (bicyclic) bond motifs is 1. The van der Waals surface area contributed by atoms with Crippen molar-refractivity contribution in [3.05, 3.63) is 71.6 Å². The molecule has 0 aliphatic carbocycles. The molecule has 34 heavy (non-hydrogen) atoms. The van der Waals surface area contributed by atoms with Gasteiger partial charge in [-0.2, -0.15) is 4.31 Å². The van der Waals surface area contributed by atoms with E-state index in [2.05, 4.69) is 35.2 Å². The van der Waals surface area contributed by atoms with E-state index in [1.54, 1.807) is 28.9 Å². The van der Waals surface area contributed by atoms with Crippen LogP contribution in [0.4, 0.5) is 0 Å². The Balaban J connectivity index is 1.41. The van der Waals surface area contributed by atoms with Crippen molar-refractivity contribution in [1.29, 1.82) is 0 Å². The van der Waals surface area contributed by atoms with Gasteiger partial charge in [-0.05, 0) is 59.7 Å². The van der Waals surface area contributed by atoms with Crippen LogP contribution in [0.1, 0.15) is 24.3 Å². The molecule has 0 spiro atoms. The average molecular weight is 499 g/mol. The van der Waals surface area contributed by atoms with Gasteiger partial charge in [-0.1, -0.05) is 42.5 Å². The maximum atomic E-state index is 13.3. The highest BCUT2D eigenvalue weighted by Gasteiger charge is 2.50. The predicted molar refractivity (Wildman–Crippen MR) is 135 cm³/mol. The molecule has 2 fully saturated rings. The SMILES string of the molecule is COc1cccc(-c2ccc([C@H]3[C@@H](CO)N4CCCCN(S(=O)(=O)c5cccs5)C[C@@H]34)cc2)c1. The van der Waals surface area contributed by atoms with Crippen LogP contribution in [0.15, 0.2) is 70.3 Å². The number of thiophene rings is 1. The number of aliphatic hydroxyl groups excluding tert-OH is 1. The van der Waals surface area contributed by atoms with E-state index in [-0.39, 0.29) is 24.6 Å². The van der Waals surface area contributed by atoms with Gasteiger partial charge in [0.15, 0.2) is 0 Å². The quantitative estimate of drug-likeness (QED) is 0.556. The Bertz CT molecular complexity index is 1210. The third-order valence-electron chi connectivity index (χ3n) is 7.12. The van der Waals surface area contributed by atoms with Crippen LogP contribution in [0.3, 0.4) is 0 Å². The van der Waals surface area contributed by atoms with Gasteiger partial charge in [0.1, 0.15) is 9.96 Å². The first kappa shape index (κ1) is 23.5. The van der Waals surface area contributed by atoms with Crippen molar-refractivity contribution in [3.8, 4) is 16.9 Å². The van der Waals surface area contributed by atoms with Gasteiger partial charge in [0.05, 0.1) is 13.7 Å². The fourth-order valence-corrected chi connectivity index (χ4v) is 8.01. The van der Waals surface area contributed by atoms with Crippen LogP contribution >= 0.6 is 11.3 Å². The van der Waals surface area contributed by atoms with E-state index in [9.17, 15) is 13.5 Å². The van der Waals surface area contributed by atoms with E-state index in [4.69, 9.17) is 4.74 Å². The van der Waals surface area contributed by atoms with Crippen molar-refractivity contribution in [2.45, 2.75) is 35.1 Å². The van der Waals surface area contributed by atoms with Crippen molar-refractivity contribution in [2.75, 3.05) is 33.4 Å². The number of methoxy groups -OCH3 is 1. The maximum absolute atomic E-state index is 13.3. The molecule has 8 heteroatoms. The minimum atomic E-state index is -3.51. The first-order valence-electron chi connectivity index (χ1n) is 11.7. The van der Waals surface area contributed by atoms with Crippen molar-refractivity contribution in [3.63, 3.8) is 0 Å². The Morgan fingerprint density at radius 2 is 1.82 bits per heavy atom. The lowest BCUT2D eigenvalue weighted by Gasteiger charge is -2.57. The zero-order chi connectivity index (χ0) is 23.7. The second-order valence-electron chi connectivity index (χ2n) is 8.94. The lowest BCUT2D eigenvalue weighted by atomic mass is 9.74. The Labute approximate surface area is 205 Å². The largest absolute Gasteiger partial charge is 0.497 e.